The number of alkyl halides is 3. The van der Waals surface area contributed by atoms with Crippen molar-refractivity contribution in [3.63, 3.8) is 0 Å². The number of likely N-dealkylation sites (tertiary alicyclic amines) is 1. The van der Waals surface area contributed by atoms with E-state index in [1.807, 2.05) is 7.05 Å². The van der Waals surface area contributed by atoms with Crippen LogP contribution in [0.1, 0.15) is 24.5 Å². The minimum atomic E-state index is -4.40. The summed E-state index contributed by atoms with van der Waals surface area (Å²) in [6.07, 6.45) is -1.65. The van der Waals surface area contributed by atoms with Gasteiger partial charge in [-0.15, -0.1) is 13.2 Å². The van der Waals surface area contributed by atoms with Crippen molar-refractivity contribution in [2.75, 3.05) is 20.1 Å². The van der Waals surface area contributed by atoms with Gasteiger partial charge in [-0.2, -0.15) is 9.78 Å². The Bertz CT molecular complexity index is 350. The average molecular weight is 233 g/mol. The number of hydrogen-bond acceptors (Lipinski definition) is 2. The van der Waals surface area contributed by atoms with Crippen LogP contribution in [0.4, 0.5) is 13.2 Å². The molecule has 1 aromatic heterocycles. The van der Waals surface area contributed by atoms with Gasteiger partial charge in [0.1, 0.15) is 0 Å². The van der Waals surface area contributed by atoms with Crippen molar-refractivity contribution in [1.82, 2.24) is 14.7 Å². The molecule has 1 aromatic rings. The molecule has 2 rings (SSSR count). The first-order valence-electron chi connectivity index (χ1n) is 5.28. The summed E-state index contributed by atoms with van der Waals surface area (Å²) in [6.45, 7) is 1.68. The van der Waals surface area contributed by atoms with Crippen LogP contribution in [-0.4, -0.2) is 34.8 Å². The van der Waals surface area contributed by atoms with E-state index < -0.39 is 6.30 Å². The molecule has 0 saturated carbocycles. The van der Waals surface area contributed by atoms with E-state index in [0.717, 1.165) is 25.9 Å². The van der Waals surface area contributed by atoms with Crippen LogP contribution in [0.2, 0.25) is 0 Å². The van der Waals surface area contributed by atoms with Gasteiger partial charge in [-0.3, -0.25) is 0 Å². The molecule has 0 spiro atoms. The highest BCUT2D eigenvalue weighted by Gasteiger charge is 2.36. The van der Waals surface area contributed by atoms with Crippen molar-refractivity contribution in [3.05, 3.63) is 18.0 Å². The predicted octanol–water partition coefficient (Wildman–Crippen LogP) is 2.17. The average Bonchev–Trinajstić information content (AvgIpc) is 2.66. The van der Waals surface area contributed by atoms with Crippen LogP contribution in [0.5, 0.6) is 0 Å². The fourth-order valence-corrected chi connectivity index (χ4v) is 2.14. The molecule has 0 N–H and O–H groups in total. The topological polar surface area (TPSA) is 21.1 Å². The zero-order valence-electron chi connectivity index (χ0n) is 9.04. The van der Waals surface area contributed by atoms with E-state index in [1.54, 1.807) is 0 Å². The molecule has 1 aliphatic heterocycles. The lowest BCUT2D eigenvalue weighted by Gasteiger charge is -2.29. The van der Waals surface area contributed by atoms with E-state index in [0.29, 0.717) is 5.69 Å². The van der Waals surface area contributed by atoms with Crippen LogP contribution in [-0.2, 0) is 6.30 Å². The Kier molecular flexibility index (Phi) is 2.92. The number of aromatic nitrogens is 2. The fourth-order valence-electron chi connectivity index (χ4n) is 2.14. The van der Waals surface area contributed by atoms with E-state index in [9.17, 15) is 13.2 Å². The van der Waals surface area contributed by atoms with E-state index in [1.165, 1.54) is 12.3 Å². The lowest BCUT2D eigenvalue weighted by Crippen LogP contribution is -2.31. The van der Waals surface area contributed by atoms with Gasteiger partial charge in [0.05, 0.1) is 5.69 Å². The number of halogens is 3. The summed E-state index contributed by atoms with van der Waals surface area (Å²) in [5.41, 5.74) is 0.292. The highest BCUT2D eigenvalue weighted by atomic mass is 19.4. The van der Waals surface area contributed by atoms with Gasteiger partial charge in [-0.05, 0) is 39.0 Å². The molecule has 6 heteroatoms. The maximum absolute atomic E-state index is 12.6. The van der Waals surface area contributed by atoms with Crippen molar-refractivity contribution >= 4 is 0 Å². The summed E-state index contributed by atoms with van der Waals surface area (Å²) in [6, 6.07) is 1.48. The molecule has 1 saturated heterocycles. The highest BCUT2D eigenvalue weighted by molar-refractivity contribution is 5.09. The Balaban J connectivity index is 2.18. The zero-order valence-corrected chi connectivity index (χ0v) is 9.04. The normalized spacial score (nSPS) is 20.2. The summed E-state index contributed by atoms with van der Waals surface area (Å²) in [5.74, 6) is -0.0275. The molecule has 0 atom stereocenters. The maximum atomic E-state index is 12.6. The van der Waals surface area contributed by atoms with Crippen molar-refractivity contribution in [2.45, 2.75) is 25.1 Å². The van der Waals surface area contributed by atoms with Gasteiger partial charge < -0.3 is 4.90 Å². The number of hydrogen-bond donors (Lipinski definition) is 0. The van der Waals surface area contributed by atoms with E-state index in [-0.39, 0.29) is 10.6 Å². The third kappa shape index (κ3) is 2.21. The first-order chi connectivity index (χ1) is 7.48. The fraction of sp³-hybridized carbons (Fsp3) is 0.700. The van der Waals surface area contributed by atoms with Gasteiger partial charge in [0.15, 0.2) is 0 Å². The molecule has 1 aliphatic rings. The van der Waals surface area contributed by atoms with Gasteiger partial charge in [0.2, 0.25) is 0 Å². The Morgan fingerprint density at radius 1 is 1.31 bits per heavy atom. The molecular weight excluding hydrogens is 219 g/mol. The van der Waals surface area contributed by atoms with E-state index >= 15 is 0 Å². The zero-order chi connectivity index (χ0) is 11.8. The molecular formula is C10H14F3N3. The molecule has 90 valence electrons. The van der Waals surface area contributed by atoms with Crippen molar-refractivity contribution in [2.24, 2.45) is 0 Å². The molecule has 0 bridgehead atoms. The molecule has 0 unspecified atom stereocenters. The van der Waals surface area contributed by atoms with Crippen molar-refractivity contribution in [3.8, 4) is 0 Å². The number of rotatable bonds is 1. The second-order valence-electron chi connectivity index (χ2n) is 4.21. The lowest BCUT2D eigenvalue weighted by atomic mass is 9.94. The highest BCUT2D eigenvalue weighted by Crippen LogP contribution is 2.32. The van der Waals surface area contributed by atoms with Gasteiger partial charge in [0, 0.05) is 12.1 Å². The van der Waals surface area contributed by atoms with Gasteiger partial charge in [-0.25, -0.2) is 0 Å². The molecule has 0 aliphatic carbocycles. The summed E-state index contributed by atoms with van der Waals surface area (Å²) in [7, 11) is 1.98. The van der Waals surface area contributed by atoms with Crippen LogP contribution in [0, 0.1) is 0 Å². The van der Waals surface area contributed by atoms with E-state index in [4.69, 9.17) is 0 Å². The van der Waals surface area contributed by atoms with Crippen molar-refractivity contribution < 1.29 is 13.2 Å². The Morgan fingerprint density at radius 2 is 1.94 bits per heavy atom. The molecule has 0 amide bonds. The minimum Gasteiger partial charge on any atom is -0.306 e. The summed E-state index contributed by atoms with van der Waals surface area (Å²) in [5, 5.41) is 3.36. The molecule has 2 heterocycles. The number of piperidine rings is 1. The summed E-state index contributed by atoms with van der Waals surface area (Å²) in [4.78, 5) is 2.13. The second-order valence-corrected chi connectivity index (χ2v) is 4.21. The second kappa shape index (κ2) is 4.08. The Morgan fingerprint density at radius 3 is 2.50 bits per heavy atom. The maximum Gasteiger partial charge on any atom is 0.504 e. The van der Waals surface area contributed by atoms with Crippen LogP contribution < -0.4 is 0 Å². The van der Waals surface area contributed by atoms with Crippen LogP contribution >= 0.6 is 0 Å². The summed E-state index contributed by atoms with van der Waals surface area (Å²) < 4.78 is 38.0. The molecule has 0 aromatic carbocycles. The first-order valence-corrected chi connectivity index (χ1v) is 5.28. The molecule has 3 nitrogen and oxygen atoms in total. The first kappa shape index (κ1) is 11.4. The minimum absolute atomic E-state index is 0.0275. The van der Waals surface area contributed by atoms with Gasteiger partial charge in [0.25, 0.3) is 0 Å². The van der Waals surface area contributed by atoms with Crippen LogP contribution in [0.15, 0.2) is 12.3 Å². The quantitative estimate of drug-likeness (QED) is 0.741. The van der Waals surface area contributed by atoms with Gasteiger partial charge >= 0.3 is 6.30 Å². The SMILES string of the molecule is CN1CCC(c2ccnn2C(F)(F)F)CC1. The predicted molar refractivity (Wildman–Crippen MR) is 53.0 cm³/mol. The van der Waals surface area contributed by atoms with Crippen molar-refractivity contribution in [1.29, 1.82) is 0 Å². The Labute approximate surface area is 91.8 Å². The van der Waals surface area contributed by atoms with E-state index in [2.05, 4.69) is 10.00 Å². The van der Waals surface area contributed by atoms with Crippen LogP contribution in [0.25, 0.3) is 0 Å². The monoisotopic (exact) mass is 233 g/mol. The van der Waals surface area contributed by atoms with Crippen LogP contribution in [0.3, 0.4) is 0 Å². The van der Waals surface area contributed by atoms with Gasteiger partial charge in [-0.1, -0.05) is 0 Å². The third-order valence-electron chi connectivity index (χ3n) is 3.05. The molecule has 1 fully saturated rings. The molecule has 16 heavy (non-hydrogen) atoms. The molecule has 0 radical (unpaired) electrons. The Hall–Kier alpha value is -1.04. The summed E-state index contributed by atoms with van der Waals surface area (Å²) >= 11 is 0. The lowest BCUT2D eigenvalue weighted by molar-refractivity contribution is -0.214. The standard InChI is InChI=1S/C10H14F3N3/c1-15-6-3-8(4-7-15)9-2-5-14-16(9)10(11,12)13/h2,5,8H,3-4,6-7H2,1H3. The number of nitrogens with zero attached hydrogens (tertiary/aromatic N) is 3. The largest absolute Gasteiger partial charge is 0.504 e. The smallest absolute Gasteiger partial charge is 0.306 e. The third-order valence-corrected chi connectivity index (χ3v) is 3.05.